The first-order chi connectivity index (χ1) is 12.3. The fourth-order valence-electron chi connectivity index (χ4n) is 3.79. The Morgan fingerprint density at radius 1 is 1.16 bits per heavy atom. The van der Waals surface area contributed by atoms with Crippen molar-refractivity contribution in [1.29, 1.82) is 0 Å². The van der Waals surface area contributed by atoms with Crippen LogP contribution in [0, 0.1) is 0 Å². The van der Waals surface area contributed by atoms with E-state index in [0.717, 1.165) is 39.0 Å². The molecule has 138 valence electrons. The number of rotatable bonds is 6. The van der Waals surface area contributed by atoms with Crippen molar-refractivity contribution < 1.29 is 14.6 Å². The number of amides is 2. The molecule has 1 fully saturated rings. The molecule has 1 aliphatic carbocycles. The van der Waals surface area contributed by atoms with Crippen LogP contribution < -0.4 is 5.32 Å². The molecule has 25 heavy (non-hydrogen) atoms. The van der Waals surface area contributed by atoms with Crippen LogP contribution in [0.4, 0.5) is 4.79 Å². The topological polar surface area (TPSA) is 65.0 Å². The number of fused-ring (bicyclic) bond motifs is 1. The molecule has 2 N–H and O–H groups in total. The average Bonchev–Trinajstić information content (AvgIpc) is 2.67. The maximum atomic E-state index is 12.2. The van der Waals surface area contributed by atoms with Gasteiger partial charge >= 0.3 is 6.03 Å². The predicted molar refractivity (Wildman–Crippen MR) is 96.7 cm³/mol. The van der Waals surface area contributed by atoms with Gasteiger partial charge in [-0.1, -0.05) is 24.3 Å². The van der Waals surface area contributed by atoms with Crippen molar-refractivity contribution in [1.82, 2.24) is 15.1 Å². The minimum Gasteiger partial charge on any atom is -0.394 e. The molecule has 0 radical (unpaired) electrons. The molecule has 1 aromatic rings. The Bertz CT molecular complexity index is 559. The van der Waals surface area contributed by atoms with Gasteiger partial charge in [0.15, 0.2) is 0 Å². The minimum atomic E-state index is -0.0127. The highest BCUT2D eigenvalue weighted by Crippen LogP contribution is 2.25. The average molecular weight is 347 g/mol. The van der Waals surface area contributed by atoms with E-state index in [1.165, 1.54) is 17.5 Å². The molecule has 0 spiro atoms. The number of aryl methyl sites for hydroxylation is 1. The van der Waals surface area contributed by atoms with Crippen molar-refractivity contribution in [3.8, 4) is 0 Å². The lowest BCUT2D eigenvalue weighted by Crippen LogP contribution is -2.55. The summed E-state index contributed by atoms with van der Waals surface area (Å²) in [5.74, 6) is 0. The molecule has 1 aromatic carbocycles. The number of ether oxygens (including phenoxy) is 1. The molecule has 1 atom stereocenters. The van der Waals surface area contributed by atoms with Gasteiger partial charge in [-0.05, 0) is 30.4 Å². The van der Waals surface area contributed by atoms with Crippen LogP contribution in [0.5, 0.6) is 0 Å². The van der Waals surface area contributed by atoms with E-state index in [-0.39, 0.29) is 12.6 Å². The zero-order valence-electron chi connectivity index (χ0n) is 14.8. The largest absolute Gasteiger partial charge is 0.394 e. The molecule has 0 bridgehead atoms. The Balaban J connectivity index is 1.39. The Labute approximate surface area is 149 Å². The van der Waals surface area contributed by atoms with Crippen LogP contribution in [0.2, 0.25) is 0 Å². The van der Waals surface area contributed by atoms with Crippen molar-refractivity contribution in [2.45, 2.75) is 25.3 Å². The van der Waals surface area contributed by atoms with Crippen LogP contribution in [0.15, 0.2) is 24.3 Å². The second-order valence-electron chi connectivity index (χ2n) is 6.76. The maximum Gasteiger partial charge on any atom is 0.317 e. The highest BCUT2D eigenvalue weighted by molar-refractivity contribution is 5.74. The van der Waals surface area contributed by atoms with E-state index in [4.69, 9.17) is 9.84 Å². The van der Waals surface area contributed by atoms with Gasteiger partial charge in [0.1, 0.15) is 0 Å². The van der Waals surface area contributed by atoms with E-state index < -0.39 is 0 Å². The highest BCUT2D eigenvalue weighted by atomic mass is 16.5. The third-order valence-electron chi connectivity index (χ3n) is 5.20. The molecule has 1 aliphatic heterocycles. The summed E-state index contributed by atoms with van der Waals surface area (Å²) in [5, 5.41) is 11.5. The molecule has 0 aromatic heterocycles. The van der Waals surface area contributed by atoms with Crippen molar-refractivity contribution in [3.05, 3.63) is 35.4 Å². The van der Waals surface area contributed by atoms with E-state index in [9.17, 15) is 4.79 Å². The van der Waals surface area contributed by atoms with Gasteiger partial charge in [-0.25, -0.2) is 4.79 Å². The summed E-state index contributed by atoms with van der Waals surface area (Å²) in [6.45, 7) is 4.71. The number of piperazine rings is 1. The highest BCUT2D eigenvalue weighted by Gasteiger charge is 2.28. The standard InChI is InChI=1S/C19H29N3O3/c23-12-14-25-13-7-20-19(24)22-10-8-21(9-11-22)18-6-5-16-3-1-2-4-17(16)15-18/h1-4,18,23H,5-15H2,(H,20,24)/t18-/m1/s1. The molecular weight excluding hydrogens is 318 g/mol. The van der Waals surface area contributed by atoms with Crippen molar-refractivity contribution >= 4 is 6.03 Å². The zero-order chi connectivity index (χ0) is 17.5. The SMILES string of the molecule is O=C(NCCOCCO)N1CCN([C@@H]2CCc3ccccc3C2)CC1. The van der Waals surface area contributed by atoms with Gasteiger partial charge in [0.05, 0.1) is 19.8 Å². The van der Waals surface area contributed by atoms with Crippen molar-refractivity contribution in [2.75, 3.05) is 52.5 Å². The third-order valence-corrected chi connectivity index (χ3v) is 5.20. The molecular formula is C19H29N3O3. The summed E-state index contributed by atoms with van der Waals surface area (Å²) < 4.78 is 5.15. The second-order valence-corrected chi connectivity index (χ2v) is 6.76. The van der Waals surface area contributed by atoms with Gasteiger partial charge in [0.25, 0.3) is 0 Å². The van der Waals surface area contributed by atoms with Crippen LogP contribution in [-0.2, 0) is 17.6 Å². The summed E-state index contributed by atoms with van der Waals surface area (Å²) in [6.07, 6.45) is 3.51. The van der Waals surface area contributed by atoms with Gasteiger partial charge in [0, 0.05) is 38.8 Å². The van der Waals surface area contributed by atoms with Gasteiger partial charge in [-0.2, -0.15) is 0 Å². The van der Waals surface area contributed by atoms with E-state index in [1.807, 2.05) is 4.90 Å². The van der Waals surface area contributed by atoms with Crippen molar-refractivity contribution in [2.24, 2.45) is 0 Å². The number of aliphatic hydroxyl groups is 1. The molecule has 2 amide bonds. The molecule has 1 saturated heterocycles. The van der Waals surface area contributed by atoms with Gasteiger partial charge in [-0.3, -0.25) is 4.90 Å². The zero-order valence-corrected chi connectivity index (χ0v) is 14.8. The molecule has 6 heteroatoms. The lowest BCUT2D eigenvalue weighted by atomic mass is 9.87. The quantitative estimate of drug-likeness (QED) is 0.750. The molecule has 3 rings (SSSR count). The first-order valence-electron chi connectivity index (χ1n) is 9.30. The molecule has 1 heterocycles. The fourth-order valence-corrected chi connectivity index (χ4v) is 3.79. The van der Waals surface area contributed by atoms with E-state index in [0.29, 0.717) is 25.8 Å². The van der Waals surface area contributed by atoms with E-state index in [2.05, 4.69) is 34.5 Å². The molecule has 0 saturated carbocycles. The molecule has 6 nitrogen and oxygen atoms in total. The van der Waals surface area contributed by atoms with Gasteiger partial charge in [0.2, 0.25) is 0 Å². The van der Waals surface area contributed by atoms with E-state index >= 15 is 0 Å². The summed E-state index contributed by atoms with van der Waals surface area (Å²) in [6, 6.07) is 9.36. The summed E-state index contributed by atoms with van der Waals surface area (Å²) in [7, 11) is 0. The van der Waals surface area contributed by atoms with Gasteiger partial charge < -0.3 is 20.1 Å². The number of carbonyl (C=O) groups excluding carboxylic acids is 1. The van der Waals surface area contributed by atoms with Crippen molar-refractivity contribution in [3.63, 3.8) is 0 Å². The summed E-state index contributed by atoms with van der Waals surface area (Å²) >= 11 is 0. The smallest absolute Gasteiger partial charge is 0.317 e. The van der Waals surface area contributed by atoms with Gasteiger partial charge in [-0.15, -0.1) is 0 Å². The van der Waals surface area contributed by atoms with E-state index in [1.54, 1.807) is 0 Å². The first-order valence-corrected chi connectivity index (χ1v) is 9.30. The molecule has 0 unspecified atom stereocenters. The van der Waals surface area contributed by atoms with Crippen LogP contribution in [0.1, 0.15) is 17.5 Å². The van der Waals surface area contributed by atoms with Crippen LogP contribution in [0.25, 0.3) is 0 Å². The van der Waals surface area contributed by atoms with Crippen LogP contribution in [0.3, 0.4) is 0 Å². The number of nitrogens with zero attached hydrogens (tertiary/aromatic N) is 2. The van der Waals surface area contributed by atoms with Crippen LogP contribution in [-0.4, -0.2) is 79.5 Å². The lowest BCUT2D eigenvalue weighted by molar-refractivity contribution is 0.0880. The number of hydrogen-bond acceptors (Lipinski definition) is 4. The Hall–Kier alpha value is -1.63. The van der Waals surface area contributed by atoms with Crippen LogP contribution >= 0.6 is 0 Å². The minimum absolute atomic E-state index is 0.0127. The molecule has 2 aliphatic rings. The number of urea groups is 1. The number of hydrogen-bond donors (Lipinski definition) is 2. The normalized spacial score (nSPS) is 21.0. The Morgan fingerprint density at radius 3 is 2.68 bits per heavy atom. The monoisotopic (exact) mass is 347 g/mol. The maximum absolute atomic E-state index is 12.2. The number of nitrogens with one attached hydrogen (secondary N) is 1. The number of carbonyl (C=O) groups is 1. The second kappa shape index (κ2) is 9.17. The number of benzene rings is 1. The third kappa shape index (κ3) is 4.93. The Kier molecular flexibility index (Phi) is 6.67. The Morgan fingerprint density at radius 2 is 1.92 bits per heavy atom. The number of aliphatic hydroxyl groups excluding tert-OH is 1. The first kappa shape index (κ1) is 18.2. The summed E-state index contributed by atoms with van der Waals surface area (Å²) in [5.41, 5.74) is 2.99. The predicted octanol–water partition coefficient (Wildman–Crippen LogP) is 0.880. The summed E-state index contributed by atoms with van der Waals surface area (Å²) in [4.78, 5) is 16.6. The fraction of sp³-hybridized carbons (Fsp3) is 0.632. The lowest BCUT2D eigenvalue weighted by Gasteiger charge is -2.41.